The monoisotopic (exact) mass is 404 g/mol. The van der Waals surface area contributed by atoms with Gasteiger partial charge >= 0.3 is 5.97 Å². The van der Waals surface area contributed by atoms with Gasteiger partial charge in [-0.15, -0.1) is 0 Å². The minimum Gasteiger partial charge on any atom is -0.452 e. The van der Waals surface area contributed by atoms with Crippen molar-refractivity contribution < 1.29 is 18.7 Å². The molecule has 0 bridgehead atoms. The van der Waals surface area contributed by atoms with Gasteiger partial charge in [0.1, 0.15) is 5.82 Å². The highest BCUT2D eigenvalue weighted by atomic mass is 35.5. The number of amides is 1. The maximum absolute atomic E-state index is 13.7. The van der Waals surface area contributed by atoms with E-state index in [2.05, 4.69) is 10.3 Å². The lowest BCUT2D eigenvalue weighted by atomic mass is 10.1. The zero-order chi connectivity index (χ0) is 18.6. The number of halogens is 4. The van der Waals surface area contributed by atoms with Gasteiger partial charge in [0.15, 0.2) is 11.9 Å². The van der Waals surface area contributed by atoms with Crippen LogP contribution in [0.4, 0.5) is 10.2 Å². The molecule has 1 atom stereocenters. The second kappa shape index (κ2) is 8.47. The standard InChI is InChI=1S/C16H12Cl3FN2O3/c1-8(16(24)22-15-12(19)5-9(17)7-21-15)25-14(23)6-10-11(18)3-2-4-13(10)20/h2-5,7-8H,6H2,1H3,(H,21,22,24)/t8-/m1/s1. The van der Waals surface area contributed by atoms with E-state index in [0.29, 0.717) is 5.02 Å². The fourth-order valence-corrected chi connectivity index (χ4v) is 2.52. The zero-order valence-corrected chi connectivity index (χ0v) is 15.1. The summed E-state index contributed by atoms with van der Waals surface area (Å²) in [5.41, 5.74) is 0.00388. The van der Waals surface area contributed by atoms with Crippen LogP contribution in [0.1, 0.15) is 12.5 Å². The summed E-state index contributed by atoms with van der Waals surface area (Å²) in [4.78, 5) is 27.8. The molecule has 5 nitrogen and oxygen atoms in total. The number of nitrogens with zero attached hydrogens (tertiary/aromatic N) is 1. The molecule has 0 saturated carbocycles. The molecular weight excluding hydrogens is 394 g/mol. The van der Waals surface area contributed by atoms with Gasteiger partial charge in [-0.05, 0) is 25.1 Å². The zero-order valence-electron chi connectivity index (χ0n) is 12.9. The lowest BCUT2D eigenvalue weighted by molar-refractivity contribution is -0.152. The van der Waals surface area contributed by atoms with E-state index in [1.54, 1.807) is 0 Å². The van der Waals surface area contributed by atoms with Gasteiger partial charge in [-0.3, -0.25) is 9.59 Å². The molecule has 0 saturated heterocycles. The molecule has 0 aliphatic carbocycles. The van der Waals surface area contributed by atoms with Crippen LogP contribution in [-0.4, -0.2) is 23.0 Å². The first-order valence-electron chi connectivity index (χ1n) is 7.02. The summed E-state index contributed by atoms with van der Waals surface area (Å²) in [6.07, 6.45) is -0.241. The van der Waals surface area contributed by atoms with E-state index in [4.69, 9.17) is 39.5 Å². The van der Waals surface area contributed by atoms with Crippen LogP contribution in [0.2, 0.25) is 15.1 Å². The van der Waals surface area contributed by atoms with Crippen LogP contribution in [0.15, 0.2) is 30.5 Å². The number of benzene rings is 1. The topological polar surface area (TPSA) is 68.3 Å². The van der Waals surface area contributed by atoms with Gasteiger partial charge in [0.05, 0.1) is 16.5 Å². The minimum atomic E-state index is -1.15. The smallest absolute Gasteiger partial charge is 0.311 e. The van der Waals surface area contributed by atoms with Crippen molar-refractivity contribution in [2.24, 2.45) is 0 Å². The van der Waals surface area contributed by atoms with Crippen molar-refractivity contribution in [3.8, 4) is 0 Å². The quantitative estimate of drug-likeness (QED) is 0.753. The number of carbonyl (C=O) groups excluding carboxylic acids is 2. The fraction of sp³-hybridized carbons (Fsp3) is 0.188. The molecule has 1 heterocycles. The molecule has 0 aliphatic rings. The highest BCUT2D eigenvalue weighted by molar-refractivity contribution is 6.36. The van der Waals surface area contributed by atoms with Crippen molar-refractivity contribution in [1.29, 1.82) is 0 Å². The molecule has 0 aliphatic heterocycles. The Morgan fingerprint density at radius 3 is 2.64 bits per heavy atom. The average Bonchev–Trinajstić information content (AvgIpc) is 2.53. The van der Waals surface area contributed by atoms with Gasteiger partial charge in [0, 0.05) is 16.8 Å². The van der Waals surface area contributed by atoms with Gasteiger partial charge in [-0.25, -0.2) is 9.37 Å². The maximum atomic E-state index is 13.7. The summed E-state index contributed by atoms with van der Waals surface area (Å²) >= 11 is 17.5. The lowest BCUT2D eigenvalue weighted by Gasteiger charge is -2.14. The largest absolute Gasteiger partial charge is 0.452 e. The molecule has 0 fully saturated rings. The lowest BCUT2D eigenvalue weighted by Crippen LogP contribution is -2.31. The first-order chi connectivity index (χ1) is 11.8. The second-order valence-electron chi connectivity index (χ2n) is 4.98. The van der Waals surface area contributed by atoms with Crippen molar-refractivity contribution in [3.63, 3.8) is 0 Å². The molecule has 0 spiro atoms. The third kappa shape index (κ3) is 5.29. The van der Waals surface area contributed by atoms with Crippen LogP contribution in [0.25, 0.3) is 0 Å². The average molecular weight is 406 g/mol. The van der Waals surface area contributed by atoms with Crippen molar-refractivity contribution in [3.05, 3.63) is 56.9 Å². The van der Waals surface area contributed by atoms with E-state index in [0.717, 1.165) is 0 Å². The first-order valence-corrected chi connectivity index (χ1v) is 8.15. The van der Waals surface area contributed by atoms with Crippen molar-refractivity contribution in [1.82, 2.24) is 4.98 Å². The van der Waals surface area contributed by atoms with Crippen LogP contribution >= 0.6 is 34.8 Å². The van der Waals surface area contributed by atoms with Crippen molar-refractivity contribution >= 4 is 52.5 Å². The molecule has 0 unspecified atom stereocenters. The molecule has 1 amide bonds. The Balaban J connectivity index is 1.97. The highest BCUT2D eigenvalue weighted by Gasteiger charge is 2.21. The van der Waals surface area contributed by atoms with E-state index in [-0.39, 0.29) is 21.4 Å². The Morgan fingerprint density at radius 1 is 1.28 bits per heavy atom. The van der Waals surface area contributed by atoms with Gasteiger partial charge in [-0.1, -0.05) is 40.9 Å². The number of hydrogen-bond donors (Lipinski definition) is 1. The molecule has 132 valence electrons. The molecule has 1 aromatic heterocycles. The van der Waals surface area contributed by atoms with Gasteiger partial charge in [-0.2, -0.15) is 0 Å². The highest BCUT2D eigenvalue weighted by Crippen LogP contribution is 2.23. The predicted molar refractivity (Wildman–Crippen MR) is 93.6 cm³/mol. The third-order valence-electron chi connectivity index (χ3n) is 3.11. The Kier molecular flexibility index (Phi) is 6.58. The Morgan fingerprint density at radius 2 is 2.00 bits per heavy atom. The van der Waals surface area contributed by atoms with Gasteiger partial charge in [0.25, 0.3) is 5.91 Å². The van der Waals surface area contributed by atoms with E-state index < -0.39 is 30.2 Å². The Hall–Kier alpha value is -1.89. The summed E-state index contributed by atoms with van der Waals surface area (Å²) in [6.45, 7) is 1.36. The number of nitrogens with one attached hydrogen (secondary N) is 1. The molecule has 1 N–H and O–H groups in total. The molecule has 0 radical (unpaired) electrons. The number of rotatable bonds is 5. The summed E-state index contributed by atoms with van der Waals surface area (Å²) in [7, 11) is 0. The molecule has 2 aromatic rings. The van der Waals surface area contributed by atoms with Gasteiger partial charge < -0.3 is 10.1 Å². The van der Waals surface area contributed by atoms with Crippen molar-refractivity contribution in [2.45, 2.75) is 19.4 Å². The summed E-state index contributed by atoms with van der Waals surface area (Å²) < 4.78 is 18.7. The molecule has 1 aromatic carbocycles. The van der Waals surface area contributed by atoms with Gasteiger partial charge in [0.2, 0.25) is 0 Å². The minimum absolute atomic E-state index is 0.00388. The summed E-state index contributed by atoms with van der Waals surface area (Å²) in [5, 5.41) is 2.96. The first kappa shape index (κ1) is 19.4. The number of hydrogen-bond acceptors (Lipinski definition) is 4. The number of anilines is 1. The van der Waals surface area contributed by atoms with E-state index in [1.165, 1.54) is 37.4 Å². The van der Waals surface area contributed by atoms with Crippen LogP contribution in [0.5, 0.6) is 0 Å². The van der Waals surface area contributed by atoms with Crippen LogP contribution in [0.3, 0.4) is 0 Å². The second-order valence-corrected chi connectivity index (χ2v) is 6.23. The fourth-order valence-electron chi connectivity index (χ4n) is 1.86. The SMILES string of the molecule is C[C@@H](OC(=O)Cc1c(F)cccc1Cl)C(=O)Nc1ncc(Cl)cc1Cl. The summed E-state index contributed by atoms with van der Waals surface area (Å²) in [5.74, 6) is -2.00. The maximum Gasteiger partial charge on any atom is 0.311 e. The van der Waals surface area contributed by atoms with Crippen molar-refractivity contribution in [2.75, 3.05) is 5.32 Å². The number of carbonyl (C=O) groups is 2. The van der Waals surface area contributed by atoms with Crippen LogP contribution < -0.4 is 5.32 Å². The molecule has 2 rings (SSSR count). The normalized spacial score (nSPS) is 11.7. The third-order valence-corrected chi connectivity index (χ3v) is 3.96. The number of pyridine rings is 1. The molecule has 25 heavy (non-hydrogen) atoms. The predicted octanol–water partition coefficient (Wildman–Crippen LogP) is 4.29. The number of aromatic nitrogens is 1. The van der Waals surface area contributed by atoms with Crippen LogP contribution in [0, 0.1) is 5.82 Å². The summed E-state index contributed by atoms with van der Waals surface area (Å²) in [6, 6.07) is 5.46. The van der Waals surface area contributed by atoms with E-state index >= 15 is 0 Å². The Bertz CT molecular complexity index is 797. The molecular formula is C16H12Cl3FN2O3. The Labute approximate surface area is 158 Å². The molecule has 9 heteroatoms. The van der Waals surface area contributed by atoms with E-state index in [1.807, 2.05) is 0 Å². The number of esters is 1. The number of ether oxygens (including phenoxy) is 1. The van der Waals surface area contributed by atoms with E-state index in [9.17, 15) is 14.0 Å². The van der Waals surface area contributed by atoms with Crippen LogP contribution in [-0.2, 0) is 20.7 Å².